The van der Waals surface area contributed by atoms with Crippen molar-refractivity contribution < 1.29 is 9.47 Å². The summed E-state index contributed by atoms with van der Waals surface area (Å²) in [5.74, 6) is 1.46. The summed E-state index contributed by atoms with van der Waals surface area (Å²) in [7, 11) is 3.24. The molecule has 0 aliphatic heterocycles. The molecule has 0 aliphatic carbocycles. The minimum Gasteiger partial charge on any atom is -0.497 e. The van der Waals surface area contributed by atoms with Crippen molar-refractivity contribution in [2.24, 2.45) is 5.73 Å². The average molecular weight is 278 g/mol. The lowest BCUT2D eigenvalue weighted by atomic mass is 9.99. The van der Waals surface area contributed by atoms with Gasteiger partial charge in [-0.3, -0.25) is 0 Å². The predicted octanol–water partition coefficient (Wildman–Crippen LogP) is 3.48. The van der Waals surface area contributed by atoms with Crippen LogP contribution < -0.4 is 15.2 Å². The van der Waals surface area contributed by atoms with E-state index in [1.165, 1.54) is 0 Å². The van der Waals surface area contributed by atoms with E-state index in [1.54, 1.807) is 14.2 Å². The monoisotopic (exact) mass is 277 g/mol. The number of rotatable bonds is 4. The van der Waals surface area contributed by atoms with Gasteiger partial charge in [-0.15, -0.1) is 0 Å². The zero-order chi connectivity index (χ0) is 13.8. The van der Waals surface area contributed by atoms with E-state index < -0.39 is 0 Å². The zero-order valence-electron chi connectivity index (χ0n) is 10.9. The van der Waals surface area contributed by atoms with Gasteiger partial charge in [-0.2, -0.15) is 0 Å². The molecule has 4 heteroatoms. The van der Waals surface area contributed by atoms with Crippen LogP contribution in [0, 0.1) is 0 Å². The Bertz CT molecular complexity index is 584. The summed E-state index contributed by atoms with van der Waals surface area (Å²) in [5.41, 5.74) is 8.86. The van der Waals surface area contributed by atoms with E-state index in [4.69, 9.17) is 26.8 Å². The lowest BCUT2D eigenvalue weighted by Crippen LogP contribution is -2.00. The SMILES string of the molecule is COc1ccc(-c2ccc(OC)c(Cl)c2)c(CN)c1. The van der Waals surface area contributed by atoms with E-state index in [0.29, 0.717) is 17.3 Å². The normalized spacial score (nSPS) is 10.3. The third kappa shape index (κ3) is 2.83. The first-order valence-electron chi connectivity index (χ1n) is 5.90. The Kier molecular flexibility index (Phi) is 4.30. The van der Waals surface area contributed by atoms with Crippen molar-refractivity contribution in [3.63, 3.8) is 0 Å². The maximum absolute atomic E-state index is 6.15. The highest BCUT2D eigenvalue weighted by molar-refractivity contribution is 6.32. The molecule has 0 amide bonds. The van der Waals surface area contributed by atoms with Gasteiger partial charge in [-0.1, -0.05) is 23.7 Å². The van der Waals surface area contributed by atoms with Gasteiger partial charge in [-0.25, -0.2) is 0 Å². The third-order valence-electron chi connectivity index (χ3n) is 3.00. The highest BCUT2D eigenvalue weighted by atomic mass is 35.5. The number of methoxy groups -OCH3 is 2. The first-order chi connectivity index (χ1) is 9.19. The van der Waals surface area contributed by atoms with Gasteiger partial charge in [0.15, 0.2) is 0 Å². The van der Waals surface area contributed by atoms with Crippen molar-refractivity contribution in [3.8, 4) is 22.6 Å². The fourth-order valence-electron chi connectivity index (χ4n) is 1.98. The second-order valence-corrected chi connectivity index (χ2v) is 4.48. The van der Waals surface area contributed by atoms with Gasteiger partial charge < -0.3 is 15.2 Å². The first kappa shape index (κ1) is 13.7. The number of halogens is 1. The predicted molar refractivity (Wildman–Crippen MR) is 77.9 cm³/mol. The largest absolute Gasteiger partial charge is 0.497 e. The number of nitrogens with two attached hydrogens (primary N) is 1. The lowest BCUT2D eigenvalue weighted by molar-refractivity contribution is 0.414. The Labute approximate surface area is 117 Å². The van der Waals surface area contributed by atoms with E-state index >= 15 is 0 Å². The molecule has 2 aromatic rings. The molecule has 0 fully saturated rings. The molecule has 0 unspecified atom stereocenters. The van der Waals surface area contributed by atoms with E-state index in [2.05, 4.69) is 0 Å². The van der Waals surface area contributed by atoms with Crippen LogP contribution in [0.5, 0.6) is 11.5 Å². The van der Waals surface area contributed by atoms with Crippen molar-refractivity contribution >= 4 is 11.6 Å². The average Bonchev–Trinajstić information content (AvgIpc) is 2.46. The van der Waals surface area contributed by atoms with Crippen LogP contribution in [0.1, 0.15) is 5.56 Å². The minimum atomic E-state index is 0.441. The van der Waals surface area contributed by atoms with Gasteiger partial charge in [0.1, 0.15) is 11.5 Å². The van der Waals surface area contributed by atoms with Crippen LogP contribution in [0.2, 0.25) is 5.02 Å². The second-order valence-electron chi connectivity index (χ2n) is 4.08. The van der Waals surface area contributed by atoms with Gasteiger partial charge in [-0.05, 0) is 41.0 Å². The molecule has 0 aliphatic rings. The molecule has 0 saturated heterocycles. The Balaban J connectivity index is 2.49. The van der Waals surface area contributed by atoms with Gasteiger partial charge in [0.25, 0.3) is 0 Å². The summed E-state index contributed by atoms with van der Waals surface area (Å²) >= 11 is 6.15. The highest BCUT2D eigenvalue weighted by Gasteiger charge is 2.08. The molecule has 100 valence electrons. The molecule has 19 heavy (non-hydrogen) atoms. The van der Waals surface area contributed by atoms with Crippen molar-refractivity contribution in [2.45, 2.75) is 6.54 Å². The molecule has 0 radical (unpaired) electrons. The summed E-state index contributed by atoms with van der Waals surface area (Å²) in [6.07, 6.45) is 0. The molecule has 0 aromatic heterocycles. The van der Waals surface area contributed by atoms with Crippen LogP contribution in [-0.2, 0) is 6.54 Å². The zero-order valence-corrected chi connectivity index (χ0v) is 11.7. The van der Waals surface area contributed by atoms with Crippen LogP contribution >= 0.6 is 11.6 Å². The Morgan fingerprint density at radius 2 is 1.84 bits per heavy atom. The molecule has 0 heterocycles. The van der Waals surface area contributed by atoms with Crippen LogP contribution in [0.4, 0.5) is 0 Å². The Morgan fingerprint density at radius 3 is 2.42 bits per heavy atom. The molecule has 0 bridgehead atoms. The van der Waals surface area contributed by atoms with Gasteiger partial charge >= 0.3 is 0 Å². The number of benzene rings is 2. The smallest absolute Gasteiger partial charge is 0.137 e. The molecule has 3 nitrogen and oxygen atoms in total. The van der Waals surface area contributed by atoms with E-state index in [9.17, 15) is 0 Å². The van der Waals surface area contributed by atoms with Gasteiger partial charge in [0, 0.05) is 6.54 Å². The van der Waals surface area contributed by atoms with Crippen molar-refractivity contribution in [1.29, 1.82) is 0 Å². The second kappa shape index (κ2) is 5.95. The fraction of sp³-hybridized carbons (Fsp3) is 0.200. The summed E-state index contributed by atoms with van der Waals surface area (Å²) in [6.45, 7) is 0.441. The quantitative estimate of drug-likeness (QED) is 0.930. The number of hydrogen-bond acceptors (Lipinski definition) is 3. The van der Waals surface area contributed by atoms with E-state index in [0.717, 1.165) is 22.4 Å². The molecular formula is C15H16ClNO2. The van der Waals surface area contributed by atoms with Crippen molar-refractivity contribution in [3.05, 3.63) is 47.0 Å². The lowest BCUT2D eigenvalue weighted by Gasteiger charge is -2.11. The first-order valence-corrected chi connectivity index (χ1v) is 6.28. The molecule has 0 spiro atoms. The molecular weight excluding hydrogens is 262 g/mol. The molecule has 0 saturated carbocycles. The summed E-state index contributed by atoms with van der Waals surface area (Å²) < 4.78 is 10.4. The number of ether oxygens (including phenoxy) is 2. The summed E-state index contributed by atoms with van der Waals surface area (Å²) in [6, 6.07) is 11.5. The van der Waals surface area contributed by atoms with Crippen LogP contribution in [0.3, 0.4) is 0 Å². The van der Waals surface area contributed by atoms with Crippen LogP contribution in [0.15, 0.2) is 36.4 Å². The molecule has 2 rings (SSSR count). The van der Waals surface area contributed by atoms with E-state index in [-0.39, 0.29) is 0 Å². The fourth-order valence-corrected chi connectivity index (χ4v) is 2.24. The topological polar surface area (TPSA) is 44.5 Å². The van der Waals surface area contributed by atoms with Crippen LogP contribution in [0.25, 0.3) is 11.1 Å². The van der Waals surface area contributed by atoms with Crippen LogP contribution in [-0.4, -0.2) is 14.2 Å². The molecule has 0 atom stereocenters. The van der Waals surface area contributed by atoms with Gasteiger partial charge in [0.05, 0.1) is 19.2 Å². The summed E-state index contributed by atoms with van der Waals surface area (Å²) in [5, 5.41) is 0.582. The van der Waals surface area contributed by atoms with Crippen molar-refractivity contribution in [1.82, 2.24) is 0 Å². The Hall–Kier alpha value is -1.71. The summed E-state index contributed by atoms with van der Waals surface area (Å²) in [4.78, 5) is 0. The minimum absolute atomic E-state index is 0.441. The van der Waals surface area contributed by atoms with E-state index in [1.807, 2.05) is 36.4 Å². The van der Waals surface area contributed by atoms with Gasteiger partial charge in [0.2, 0.25) is 0 Å². The third-order valence-corrected chi connectivity index (χ3v) is 3.29. The maximum atomic E-state index is 6.15. The standard InChI is InChI=1S/C15H16ClNO2/c1-18-12-4-5-13(11(7-12)9-17)10-3-6-15(19-2)14(16)8-10/h3-8H,9,17H2,1-2H3. The Morgan fingerprint density at radius 1 is 1.05 bits per heavy atom. The number of hydrogen-bond donors (Lipinski definition) is 1. The molecule has 2 N–H and O–H groups in total. The van der Waals surface area contributed by atoms with Crippen molar-refractivity contribution in [2.75, 3.05) is 14.2 Å². The maximum Gasteiger partial charge on any atom is 0.137 e. The highest BCUT2D eigenvalue weighted by Crippen LogP contribution is 2.33. The molecule has 2 aromatic carbocycles.